The van der Waals surface area contributed by atoms with Gasteiger partial charge in [-0.3, -0.25) is 4.79 Å². The van der Waals surface area contributed by atoms with Gasteiger partial charge in [-0.2, -0.15) is 0 Å². The van der Waals surface area contributed by atoms with Crippen molar-refractivity contribution in [1.29, 1.82) is 0 Å². The molecule has 7 nitrogen and oxygen atoms in total. The number of hydrogen-bond donors (Lipinski definition) is 2. The van der Waals surface area contributed by atoms with Crippen molar-refractivity contribution >= 4 is 35.8 Å². The summed E-state index contributed by atoms with van der Waals surface area (Å²) in [6, 6.07) is 8.55. The van der Waals surface area contributed by atoms with Gasteiger partial charge in [-0.15, -0.1) is 24.0 Å². The second-order valence-electron chi connectivity index (χ2n) is 7.82. The molecule has 1 heterocycles. The standard InChI is InChI=1S/C22H37N5O2.HI/c1-18-8-5-6-14-27(18)15-7-13-23-22(25-17-21(28)26(2)3)24-16-19-9-11-20(29-4)12-10-19;/h9-12,18H,5-8,13-17H2,1-4H3,(H2,23,24,25);1H. The van der Waals surface area contributed by atoms with Crippen molar-refractivity contribution < 1.29 is 9.53 Å². The number of methoxy groups -OCH3 is 1. The molecule has 1 saturated heterocycles. The maximum absolute atomic E-state index is 11.9. The summed E-state index contributed by atoms with van der Waals surface area (Å²) in [4.78, 5) is 20.7. The Hall–Kier alpha value is -1.55. The molecular weight excluding hydrogens is 493 g/mol. The molecule has 1 aromatic carbocycles. The summed E-state index contributed by atoms with van der Waals surface area (Å²) in [6.45, 7) is 6.21. The zero-order valence-electron chi connectivity index (χ0n) is 18.8. The molecule has 170 valence electrons. The van der Waals surface area contributed by atoms with Gasteiger partial charge >= 0.3 is 0 Å². The number of rotatable bonds is 9. The third kappa shape index (κ3) is 9.51. The summed E-state index contributed by atoms with van der Waals surface area (Å²) in [5.74, 6) is 1.52. The first-order valence-corrected chi connectivity index (χ1v) is 10.6. The number of carbonyl (C=O) groups is 1. The van der Waals surface area contributed by atoms with E-state index >= 15 is 0 Å². The first-order chi connectivity index (χ1) is 14.0. The van der Waals surface area contributed by atoms with E-state index in [1.165, 1.54) is 25.8 Å². The molecule has 0 spiro atoms. The van der Waals surface area contributed by atoms with Gasteiger partial charge in [0.25, 0.3) is 0 Å². The molecule has 1 aliphatic rings. The van der Waals surface area contributed by atoms with Crippen LogP contribution in [0.1, 0.15) is 38.2 Å². The highest BCUT2D eigenvalue weighted by molar-refractivity contribution is 14.0. The minimum atomic E-state index is 0. The number of aliphatic imine (C=N–C) groups is 1. The van der Waals surface area contributed by atoms with E-state index in [0.29, 0.717) is 18.5 Å². The molecule has 1 atom stereocenters. The van der Waals surface area contributed by atoms with E-state index in [4.69, 9.17) is 4.74 Å². The van der Waals surface area contributed by atoms with Crippen LogP contribution in [0.2, 0.25) is 0 Å². The lowest BCUT2D eigenvalue weighted by Crippen LogP contribution is -2.44. The van der Waals surface area contributed by atoms with Crippen LogP contribution in [-0.4, -0.2) is 75.1 Å². The number of ether oxygens (including phenoxy) is 1. The molecule has 8 heteroatoms. The van der Waals surface area contributed by atoms with E-state index in [-0.39, 0.29) is 36.4 Å². The highest BCUT2D eigenvalue weighted by Gasteiger charge is 2.17. The molecule has 1 aromatic rings. The van der Waals surface area contributed by atoms with Crippen LogP contribution in [0, 0.1) is 0 Å². The van der Waals surface area contributed by atoms with Crippen LogP contribution >= 0.6 is 24.0 Å². The number of benzene rings is 1. The van der Waals surface area contributed by atoms with Crippen LogP contribution in [0.3, 0.4) is 0 Å². The Bertz CT molecular complexity index is 651. The van der Waals surface area contributed by atoms with Crippen molar-refractivity contribution in [2.75, 3.05) is 47.4 Å². The fourth-order valence-corrected chi connectivity index (χ4v) is 3.37. The molecule has 1 fully saturated rings. The monoisotopic (exact) mass is 531 g/mol. The lowest BCUT2D eigenvalue weighted by atomic mass is 10.0. The Balaban J connectivity index is 0.00000450. The summed E-state index contributed by atoms with van der Waals surface area (Å²) in [5, 5.41) is 6.53. The highest BCUT2D eigenvalue weighted by atomic mass is 127. The van der Waals surface area contributed by atoms with Crippen molar-refractivity contribution in [1.82, 2.24) is 20.4 Å². The number of halogens is 1. The minimum Gasteiger partial charge on any atom is -0.497 e. The predicted molar refractivity (Wildman–Crippen MR) is 134 cm³/mol. The summed E-state index contributed by atoms with van der Waals surface area (Å²) < 4.78 is 5.20. The second-order valence-corrected chi connectivity index (χ2v) is 7.82. The van der Waals surface area contributed by atoms with E-state index in [1.807, 2.05) is 24.3 Å². The van der Waals surface area contributed by atoms with Crippen LogP contribution < -0.4 is 15.4 Å². The molecule has 0 saturated carbocycles. The second kappa shape index (κ2) is 14.5. The van der Waals surface area contributed by atoms with E-state index in [0.717, 1.165) is 30.8 Å². The highest BCUT2D eigenvalue weighted by Crippen LogP contribution is 2.16. The normalized spacial score (nSPS) is 17.1. The number of likely N-dealkylation sites (tertiary alicyclic amines) is 1. The lowest BCUT2D eigenvalue weighted by Gasteiger charge is -2.33. The lowest BCUT2D eigenvalue weighted by molar-refractivity contribution is -0.127. The first-order valence-electron chi connectivity index (χ1n) is 10.6. The molecule has 30 heavy (non-hydrogen) atoms. The third-order valence-electron chi connectivity index (χ3n) is 5.34. The number of piperidine rings is 1. The van der Waals surface area contributed by atoms with Crippen molar-refractivity contribution in [2.45, 2.75) is 45.2 Å². The number of nitrogens with zero attached hydrogens (tertiary/aromatic N) is 3. The van der Waals surface area contributed by atoms with Gasteiger partial charge in [-0.25, -0.2) is 4.99 Å². The zero-order chi connectivity index (χ0) is 21.1. The average Bonchev–Trinajstić information content (AvgIpc) is 2.73. The zero-order valence-corrected chi connectivity index (χ0v) is 21.1. The van der Waals surface area contributed by atoms with E-state index in [1.54, 1.807) is 26.1 Å². The Labute approximate surface area is 198 Å². The van der Waals surface area contributed by atoms with Gasteiger partial charge in [0, 0.05) is 33.2 Å². The van der Waals surface area contributed by atoms with Gasteiger partial charge in [0.15, 0.2) is 5.96 Å². The molecule has 2 N–H and O–H groups in total. The fourth-order valence-electron chi connectivity index (χ4n) is 3.37. The van der Waals surface area contributed by atoms with E-state index < -0.39 is 0 Å². The Kier molecular flexibility index (Phi) is 12.8. The van der Waals surface area contributed by atoms with Crippen molar-refractivity contribution in [3.8, 4) is 5.75 Å². The summed E-state index contributed by atoms with van der Waals surface area (Å²) in [5.41, 5.74) is 1.09. The van der Waals surface area contributed by atoms with Crippen molar-refractivity contribution in [3.05, 3.63) is 29.8 Å². The maximum Gasteiger partial charge on any atom is 0.241 e. The fraction of sp³-hybridized carbons (Fsp3) is 0.636. The Morgan fingerprint density at radius 1 is 1.23 bits per heavy atom. The average molecular weight is 531 g/mol. The molecule has 2 rings (SSSR count). The van der Waals surface area contributed by atoms with Crippen molar-refractivity contribution in [2.24, 2.45) is 4.99 Å². The number of carbonyl (C=O) groups excluding carboxylic acids is 1. The molecule has 1 aliphatic heterocycles. The van der Waals surface area contributed by atoms with Gasteiger partial charge in [0.05, 0.1) is 20.2 Å². The molecule has 0 aliphatic carbocycles. The van der Waals surface area contributed by atoms with Gasteiger partial charge in [-0.1, -0.05) is 18.6 Å². The Morgan fingerprint density at radius 3 is 2.60 bits per heavy atom. The number of nitrogens with one attached hydrogen (secondary N) is 2. The topological polar surface area (TPSA) is 69.2 Å². The van der Waals surface area contributed by atoms with Crippen LogP contribution in [0.25, 0.3) is 0 Å². The molecule has 1 amide bonds. The van der Waals surface area contributed by atoms with Gasteiger partial charge in [0.2, 0.25) is 5.91 Å². The number of likely N-dealkylation sites (N-methyl/N-ethyl adjacent to an activating group) is 1. The summed E-state index contributed by atoms with van der Waals surface area (Å²) in [6.07, 6.45) is 5.01. The molecule has 0 radical (unpaired) electrons. The van der Waals surface area contributed by atoms with Crippen LogP contribution in [-0.2, 0) is 11.3 Å². The SMILES string of the molecule is COc1ccc(CN=C(NCCCN2CCCCC2C)NCC(=O)N(C)C)cc1.I. The molecule has 0 bridgehead atoms. The van der Waals surface area contributed by atoms with Crippen molar-refractivity contribution in [3.63, 3.8) is 0 Å². The smallest absolute Gasteiger partial charge is 0.241 e. The van der Waals surface area contributed by atoms with Gasteiger partial charge in [-0.05, 0) is 50.4 Å². The third-order valence-corrected chi connectivity index (χ3v) is 5.34. The van der Waals surface area contributed by atoms with E-state index in [9.17, 15) is 4.79 Å². The molecular formula is C22H38IN5O2. The largest absolute Gasteiger partial charge is 0.497 e. The number of guanidine groups is 1. The molecule has 0 aromatic heterocycles. The van der Waals surface area contributed by atoms with Gasteiger partial charge in [0.1, 0.15) is 5.75 Å². The maximum atomic E-state index is 11.9. The number of hydrogen-bond acceptors (Lipinski definition) is 4. The minimum absolute atomic E-state index is 0. The number of amides is 1. The first kappa shape index (κ1) is 26.5. The van der Waals surface area contributed by atoms with Gasteiger partial charge < -0.3 is 25.2 Å². The Morgan fingerprint density at radius 2 is 1.97 bits per heavy atom. The van der Waals surface area contributed by atoms with Crippen LogP contribution in [0.15, 0.2) is 29.3 Å². The van der Waals surface area contributed by atoms with Crippen LogP contribution in [0.4, 0.5) is 0 Å². The quantitative estimate of drug-likeness (QED) is 0.222. The summed E-state index contributed by atoms with van der Waals surface area (Å²) in [7, 11) is 5.17. The summed E-state index contributed by atoms with van der Waals surface area (Å²) >= 11 is 0. The van der Waals surface area contributed by atoms with E-state index in [2.05, 4.69) is 27.4 Å². The molecule has 1 unspecified atom stereocenters. The predicted octanol–water partition coefficient (Wildman–Crippen LogP) is 2.70. The van der Waals surface area contributed by atoms with Crippen LogP contribution in [0.5, 0.6) is 5.75 Å².